The summed E-state index contributed by atoms with van der Waals surface area (Å²) in [6.45, 7) is 0. The average molecular weight is 358 g/mol. The topological polar surface area (TPSA) is 52.3 Å². The minimum atomic E-state index is 0.800. The summed E-state index contributed by atoms with van der Waals surface area (Å²) in [7, 11) is 1.68. The van der Waals surface area contributed by atoms with Gasteiger partial charge >= 0.3 is 0 Å². The molecule has 2 aromatic carbocycles. The lowest BCUT2D eigenvalue weighted by atomic mass is 10.1. The standard InChI is InChI=1S/C20H14N4OS/c1-25-14-7-8-16-17(11-14)26-20-23-18(13-5-3-2-4-6-13)19(24(16)20)15-12-21-9-10-22-15/h2-12H,1H3. The van der Waals surface area contributed by atoms with Crippen molar-refractivity contribution in [1.82, 2.24) is 19.4 Å². The van der Waals surface area contributed by atoms with Gasteiger partial charge in [-0.05, 0) is 18.2 Å². The Hall–Kier alpha value is -3.25. The van der Waals surface area contributed by atoms with Gasteiger partial charge in [-0.25, -0.2) is 4.98 Å². The minimum absolute atomic E-state index is 0.800. The lowest BCUT2D eigenvalue weighted by Crippen LogP contribution is -1.92. The van der Waals surface area contributed by atoms with Crippen molar-refractivity contribution >= 4 is 26.5 Å². The van der Waals surface area contributed by atoms with Gasteiger partial charge in [0.25, 0.3) is 0 Å². The number of aromatic nitrogens is 4. The smallest absolute Gasteiger partial charge is 0.195 e. The van der Waals surface area contributed by atoms with E-state index in [4.69, 9.17) is 9.72 Å². The molecule has 0 saturated carbocycles. The van der Waals surface area contributed by atoms with Crippen LogP contribution in [0.5, 0.6) is 5.75 Å². The van der Waals surface area contributed by atoms with Crippen LogP contribution in [0, 0.1) is 0 Å². The highest BCUT2D eigenvalue weighted by Gasteiger charge is 2.20. The SMILES string of the molecule is COc1ccc2c(c1)sc1nc(-c3ccccc3)c(-c3cnccn3)n12. The molecule has 0 atom stereocenters. The van der Waals surface area contributed by atoms with E-state index in [2.05, 4.69) is 32.6 Å². The van der Waals surface area contributed by atoms with E-state index in [1.165, 1.54) is 0 Å². The Morgan fingerprint density at radius 1 is 1.04 bits per heavy atom. The third-order valence-electron chi connectivity index (χ3n) is 4.31. The predicted molar refractivity (Wildman–Crippen MR) is 104 cm³/mol. The van der Waals surface area contributed by atoms with E-state index in [1.54, 1.807) is 37.0 Å². The number of benzene rings is 2. The molecule has 5 nitrogen and oxygen atoms in total. The Balaban J connectivity index is 1.88. The molecular weight excluding hydrogens is 344 g/mol. The van der Waals surface area contributed by atoms with Crippen molar-refractivity contribution in [3.05, 3.63) is 67.1 Å². The first-order valence-corrected chi connectivity index (χ1v) is 8.97. The third kappa shape index (κ3) is 2.27. The van der Waals surface area contributed by atoms with Crippen LogP contribution in [0.15, 0.2) is 67.1 Å². The van der Waals surface area contributed by atoms with E-state index in [9.17, 15) is 0 Å². The van der Waals surface area contributed by atoms with E-state index in [0.29, 0.717) is 0 Å². The van der Waals surface area contributed by atoms with E-state index >= 15 is 0 Å². The van der Waals surface area contributed by atoms with Gasteiger partial charge in [-0.3, -0.25) is 14.4 Å². The number of imidazole rings is 1. The van der Waals surface area contributed by atoms with Gasteiger partial charge in [0.15, 0.2) is 4.96 Å². The molecular formula is C20H14N4OS. The molecule has 0 saturated heterocycles. The fraction of sp³-hybridized carbons (Fsp3) is 0.0500. The highest BCUT2D eigenvalue weighted by atomic mass is 32.1. The Morgan fingerprint density at radius 2 is 1.92 bits per heavy atom. The van der Waals surface area contributed by atoms with Crippen LogP contribution in [0.2, 0.25) is 0 Å². The normalized spacial score (nSPS) is 11.3. The van der Waals surface area contributed by atoms with Crippen LogP contribution in [0.4, 0.5) is 0 Å². The van der Waals surface area contributed by atoms with Crippen molar-refractivity contribution in [2.24, 2.45) is 0 Å². The van der Waals surface area contributed by atoms with Crippen molar-refractivity contribution in [2.45, 2.75) is 0 Å². The molecule has 0 bridgehead atoms. The Kier molecular flexibility index (Phi) is 3.43. The van der Waals surface area contributed by atoms with Gasteiger partial charge in [0.2, 0.25) is 0 Å². The van der Waals surface area contributed by atoms with Crippen LogP contribution in [-0.2, 0) is 0 Å². The Morgan fingerprint density at radius 3 is 2.69 bits per heavy atom. The van der Waals surface area contributed by atoms with Gasteiger partial charge in [-0.15, -0.1) is 0 Å². The number of thiazole rings is 1. The van der Waals surface area contributed by atoms with Crippen LogP contribution in [0.1, 0.15) is 0 Å². The lowest BCUT2D eigenvalue weighted by molar-refractivity contribution is 0.415. The second kappa shape index (κ2) is 5.93. The molecule has 0 aliphatic rings. The zero-order valence-electron chi connectivity index (χ0n) is 14.0. The van der Waals surface area contributed by atoms with Gasteiger partial charge < -0.3 is 4.74 Å². The molecule has 126 valence electrons. The van der Waals surface area contributed by atoms with Crippen LogP contribution < -0.4 is 4.74 Å². The van der Waals surface area contributed by atoms with Gasteiger partial charge in [0.1, 0.15) is 17.1 Å². The molecule has 0 radical (unpaired) electrons. The van der Waals surface area contributed by atoms with Crippen molar-refractivity contribution in [3.63, 3.8) is 0 Å². The number of rotatable bonds is 3. The van der Waals surface area contributed by atoms with Gasteiger partial charge in [0, 0.05) is 18.0 Å². The van der Waals surface area contributed by atoms with Crippen LogP contribution in [-0.4, -0.2) is 26.5 Å². The molecule has 6 heteroatoms. The summed E-state index contributed by atoms with van der Waals surface area (Å²) in [5.41, 5.74) is 4.81. The molecule has 0 aliphatic heterocycles. The largest absolute Gasteiger partial charge is 0.497 e. The van der Waals surface area contributed by atoms with E-state index in [1.807, 2.05) is 30.3 Å². The molecule has 5 aromatic rings. The van der Waals surface area contributed by atoms with Crippen LogP contribution in [0.3, 0.4) is 0 Å². The first-order chi connectivity index (χ1) is 12.8. The highest BCUT2D eigenvalue weighted by Crippen LogP contribution is 2.38. The van der Waals surface area contributed by atoms with Crippen LogP contribution in [0.25, 0.3) is 37.8 Å². The maximum Gasteiger partial charge on any atom is 0.195 e. The summed E-state index contributed by atoms with van der Waals surface area (Å²) in [6.07, 6.45) is 5.17. The quantitative estimate of drug-likeness (QED) is 0.470. The van der Waals surface area contributed by atoms with Gasteiger partial charge in [0.05, 0.1) is 29.2 Å². The molecule has 26 heavy (non-hydrogen) atoms. The molecule has 0 spiro atoms. The molecule has 3 aromatic heterocycles. The van der Waals surface area contributed by atoms with Crippen molar-refractivity contribution < 1.29 is 4.74 Å². The summed E-state index contributed by atoms with van der Waals surface area (Å²) in [4.78, 5) is 14.6. The molecule has 0 N–H and O–H groups in total. The maximum absolute atomic E-state index is 5.36. The van der Waals surface area contributed by atoms with E-state index < -0.39 is 0 Å². The monoisotopic (exact) mass is 358 g/mol. The predicted octanol–water partition coefficient (Wildman–Crippen LogP) is 4.68. The van der Waals surface area contributed by atoms with Gasteiger partial charge in [-0.1, -0.05) is 41.7 Å². The zero-order valence-corrected chi connectivity index (χ0v) is 14.8. The number of methoxy groups -OCH3 is 1. The second-order valence-electron chi connectivity index (χ2n) is 5.82. The summed E-state index contributed by atoms with van der Waals surface area (Å²) in [5.74, 6) is 0.839. The van der Waals surface area contributed by atoms with Crippen molar-refractivity contribution in [3.8, 4) is 28.4 Å². The van der Waals surface area contributed by atoms with Crippen molar-refractivity contribution in [1.29, 1.82) is 0 Å². The second-order valence-corrected chi connectivity index (χ2v) is 6.83. The molecule has 5 rings (SSSR count). The Bertz CT molecular complexity index is 1210. The minimum Gasteiger partial charge on any atom is -0.497 e. The summed E-state index contributed by atoms with van der Waals surface area (Å²) >= 11 is 1.64. The third-order valence-corrected chi connectivity index (χ3v) is 5.31. The first kappa shape index (κ1) is 15.0. The van der Waals surface area contributed by atoms with Gasteiger partial charge in [-0.2, -0.15) is 0 Å². The molecule has 0 aliphatic carbocycles. The Labute approximate surface area is 153 Å². The molecule has 0 fully saturated rings. The van der Waals surface area contributed by atoms with E-state index in [-0.39, 0.29) is 0 Å². The molecule has 0 unspecified atom stereocenters. The number of nitrogens with zero attached hydrogens (tertiary/aromatic N) is 4. The van der Waals surface area contributed by atoms with Crippen molar-refractivity contribution in [2.75, 3.05) is 7.11 Å². The fourth-order valence-electron chi connectivity index (χ4n) is 3.13. The number of hydrogen-bond donors (Lipinski definition) is 0. The molecule has 3 heterocycles. The highest BCUT2D eigenvalue weighted by molar-refractivity contribution is 7.23. The number of fused-ring (bicyclic) bond motifs is 3. The maximum atomic E-state index is 5.36. The number of ether oxygens (including phenoxy) is 1. The zero-order chi connectivity index (χ0) is 17.5. The fourth-order valence-corrected chi connectivity index (χ4v) is 4.19. The van der Waals surface area contributed by atoms with Crippen LogP contribution >= 0.6 is 11.3 Å². The van der Waals surface area contributed by atoms with E-state index in [0.717, 1.165) is 43.6 Å². The average Bonchev–Trinajstić information content (AvgIpc) is 3.24. The summed E-state index contributed by atoms with van der Waals surface area (Å²) < 4.78 is 8.64. The lowest BCUT2D eigenvalue weighted by Gasteiger charge is -2.05. The number of hydrogen-bond acceptors (Lipinski definition) is 5. The molecule has 0 amide bonds. The summed E-state index contributed by atoms with van der Waals surface area (Å²) in [5, 5.41) is 0. The first-order valence-electron chi connectivity index (χ1n) is 8.16. The summed E-state index contributed by atoms with van der Waals surface area (Å²) in [6, 6.07) is 16.3.